The summed E-state index contributed by atoms with van der Waals surface area (Å²) in [6, 6.07) is 16.1. The van der Waals surface area contributed by atoms with E-state index < -0.39 is 0 Å². The number of hydrogen-bond donors (Lipinski definition) is 0. The van der Waals surface area contributed by atoms with Crippen LogP contribution >= 0.6 is 11.3 Å². The molecule has 4 rings (SSSR count). The number of carbonyl (C=O) groups excluding carboxylic acids is 2. The average Bonchev–Trinajstić information content (AvgIpc) is 3.40. The number of halogens is 1. The Bertz CT molecular complexity index is 1240. The molecule has 2 amide bonds. The predicted octanol–water partition coefficient (Wildman–Crippen LogP) is 5.93. The highest BCUT2D eigenvalue weighted by molar-refractivity contribution is 7.10. The fraction of sp³-hybridized carbons (Fsp3) is 0.455. The molecule has 1 saturated heterocycles. The maximum atomic E-state index is 13.9. The minimum atomic E-state index is -0.308. The number of rotatable bonds is 14. The third-order valence-corrected chi connectivity index (χ3v) is 8.62. The molecule has 3 aromatic rings. The van der Waals surface area contributed by atoms with Gasteiger partial charge in [0.2, 0.25) is 5.91 Å². The van der Waals surface area contributed by atoms with Gasteiger partial charge in [-0.15, -0.1) is 11.3 Å². The van der Waals surface area contributed by atoms with Gasteiger partial charge in [-0.25, -0.2) is 4.39 Å². The fourth-order valence-corrected chi connectivity index (χ4v) is 5.88. The van der Waals surface area contributed by atoms with Gasteiger partial charge in [0.05, 0.1) is 19.8 Å². The summed E-state index contributed by atoms with van der Waals surface area (Å²) in [5.41, 5.74) is 3.80. The lowest BCUT2D eigenvalue weighted by molar-refractivity contribution is -0.133. The van der Waals surface area contributed by atoms with Gasteiger partial charge in [-0.05, 0) is 72.2 Å². The quantitative estimate of drug-likeness (QED) is 0.222. The Labute approximate surface area is 247 Å². The zero-order valence-corrected chi connectivity index (χ0v) is 25.1. The van der Waals surface area contributed by atoms with E-state index in [9.17, 15) is 14.0 Å². The molecule has 1 aliphatic heterocycles. The number of benzene rings is 2. The van der Waals surface area contributed by atoms with Crippen molar-refractivity contribution in [3.63, 3.8) is 0 Å². The van der Waals surface area contributed by atoms with E-state index in [0.29, 0.717) is 45.0 Å². The maximum Gasteiger partial charge on any atom is 0.254 e. The zero-order valence-electron chi connectivity index (χ0n) is 24.3. The molecule has 0 atom stereocenters. The van der Waals surface area contributed by atoms with E-state index in [1.807, 2.05) is 42.6 Å². The summed E-state index contributed by atoms with van der Waals surface area (Å²) in [5.74, 6) is -0.577. The van der Waals surface area contributed by atoms with Crippen molar-refractivity contribution in [2.45, 2.75) is 52.6 Å². The van der Waals surface area contributed by atoms with Crippen molar-refractivity contribution in [1.82, 2.24) is 14.7 Å². The first-order valence-corrected chi connectivity index (χ1v) is 15.5. The Balaban J connectivity index is 1.51. The van der Waals surface area contributed by atoms with Crippen LogP contribution in [0.25, 0.3) is 0 Å². The van der Waals surface area contributed by atoms with Crippen LogP contribution in [0.3, 0.4) is 0 Å². The largest absolute Gasteiger partial charge is 0.379 e. The Morgan fingerprint density at radius 3 is 2.29 bits per heavy atom. The summed E-state index contributed by atoms with van der Waals surface area (Å²) in [5, 5.41) is 2.02. The molecule has 0 unspecified atom stereocenters. The second-order valence-electron chi connectivity index (χ2n) is 10.7. The van der Waals surface area contributed by atoms with Crippen molar-refractivity contribution in [2.24, 2.45) is 0 Å². The molecule has 220 valence electrons. The van der Waals surface area contributed by atoms with Crippen molar-refractivity contribution in [1.29, 1.82) is 0 Å². The second kappa shape index (κ2) is 15.8. The van der Waals surface area contributed by atoms with Crippen molar-refractivity contribution in [3.8, 4) is 0 Å². The van der Waals surface area contributed by atoms with Crippen LogP contribution in [0.1, 0.15) is 58.1 Å². The van der Waals surface area contributed by atoms with Crippen LogP contribution in [-0.2, 0) is 29.0 Å². The molecule has 1 aliphatic rings. The molecular weight excluding hydrogens is 537 g/mol. The molecule has 6 nitrogen and oxygen atoms in total. The Kier molecular flexibility index (Phi) is 11.9. The molecule has 0 spiro atoms. The van der Waals surface area contributed by atoms with Gasteiger partial charge in [0, 0.05) is 43.2 Å². The van der Waals surface area contributed by atoms with Gasteiger partial charge < -0.3 is 14.5 Å². The topological polar surface area (TPSA) is 53.1 Å². The van der Waals surface area contributed by atoms with Crippen molar-refractivity contribution in [2.75, 3.05) is 45.9 Å². The molecule has 1 aromatic heterocycles. The van der Waals surface area contributed by atoms with Crippen LogP contribution in [0.2, 0.25) is 0 Å². The van der Waals surface area contributed by atoms with Crippen LogP contribution in [0, 0.1) is 12.7 Å². The third-order valence-electron chi connectivity index (χ3n) is 7.62. The first-order chi connectivity index (χ1) is 19.9. The van der Waals surface area contributed by atoms with Gasteiger partial charge in [-0.2, -0.15) is 0 Å². The number of thiophene rings is 1. The van der Waals surface area contributed by atoms with Crippen molar-refractivity contribution < 1.29 is 18.7 Å². The molecule has 0 radical (unpaired) electrons. The summed E-state index contributed by atoms with van der Waals surface area (Å²) in [6.45, 7) is 9.11. The number of aryl methyl sites for hydroxylation is 2. The molecular formula is C33H42FN3O3S. The van der Waals surface area contributed by atoms with Crippen LogP contribution in [0.15, 0.2) is 60.0 Å². The molecule has 2 aromatic carbocycles. The van der Waals surface area contributed by atoms with Crippen molar-refractivity contribution in [3.05, 3.63) is 92.9 Å². The molecule has 41 heavy (non-hydrogen) atoms. The van der Waals surface area contributed by atoms with Crippen LogP contribution in [-0.4, -0.2) is 72.5 Å². The maximum absolute atomic E-state index is 13.9. The summed E-state index contributed by atoms with van der Waals surface area (Å²) in [4.78, 5) is 34.5. The normalized spacial score (nSPS) is 13.7. The lowest BCUT2D eigenvalue weighted by Crippen LogP contribution is -2.47. The molecule has 0 saturated carbocycles. The van der Waals surface area contributed by atoms with Gasteiger partial charge in [0.1, 0.15) is 12.4 Å². The predicted molar refractivity (Wildman–Crippen MR) is 163 cm³/mol. The summed E-state index contributed by atoms with van der Waals surface area (Å²) < 4.78 is 19.1. The molecule has 1 fully saturated rings. The van der Waals surface area contributed by atoms with Crippen LogP contribution in [0.5, 0.6) is 0 Å². The van der Waals surface area contributed by atoms with Crippen molar-refractivity contribution >= 4 is 23.2 Å². The summed E-state index contributed by atoms with van der Waals surface area (Å²) in [6.07, 6.45) is 4.50. The lowest BCUT2D eigenvalue weighted by Gasteiger charge is -2.31. The smallest absolute Gasteiger partial charge is 0.254 e. The fourth-order valence-electron chi connectivity index (χ4n) is 4.96. The lowest BCUT2D eigenvalue weighted by atomic mass is 10.0. The van der Waals surface area contributed by atoms with Gasteiger partial charge in [-0.1, -0.05) is 44.0 Å². The van der Waals surface area contributed by atoms with E-state index in [1.165, 1.54) is 30.5 Å². The molecule has 0 bridgehead atoms. The summed E-state index contributed by atoms with van der Waals surface area (Å²) in [7, 11) is 0. The summed E-state index contributed by atoms with van der Waals surface area (Å²) >= 11 is 1.61. The minimum absolute atomic E-state index is 0.0208. The van der Waals surface area contributed by atoms with E-state index in [-0.39, 0.29) is 24.2 Å². The number of unbranched alkanes of at least 4 members (excludes halogenated alkanes) is 2. The van der Waals surface area contributed by atoms with E-state index in [4.69, 9.17) is 4.74 Å². The Morgan fingerprint density at radius 2 is 1.63 bits per heavy atom. The van der Waals surface area contributed by atoms with Crippen LogP contribution < -0.4 is 0 Å². The highest BCUT2D eigenvalue weighted by atomic mass is 32.1. The van der Waals surface area contributed by atoms with Crippen LogP contribution in [0.4, 0.5) is 4.39 Å². The number of ether oxygens (including phenoxy) is 1. The minimum Gasteiger partial charge on any atom is -0.379 e. The SMILES string of the molecule is CCCCCc1ccc(C(=O)N(CCN2CCOCC2)CC(=O)N(Cc2ccc(F)cc2)Cc2sccc2C)cc1. The van der Waals surface area contributed by atoms with E-state index in [1.54, 1.807) is 33.3 Å². The average molecular weight is 580 g/mol. The molecule has 0 aliphatic carbocycles. The monoisotopic (exact) mass is 579 g/mol. The van der Waals surface area contributed by atoms with Gasteiger partial charge in [0.25, 0.3) is 5.91 Å². The van der Waals surface area contributed by atoms with E-state index >= 15 is 0 Å². The standard InChI is InChI=1S/C33H42FN3O3S/c1-3-4-5-6-27-7-11-29(12-8-27)33(39)36(17-16-35-18-20-40-21-19-35)25-32(38)37(24-31-26(2)15-22-41-31)23-28-9-13-30(34)14-10-28/h7-15,22H,3-6,16-21,23-25H2,1-2H3. The number of hydrogen-bond acceptors (Lipinski definition) is 5. The zero-order chi connectivity index (χ0) is 29.0. The van der Waals surface area contributed by atoms with Gasteiger partial charge in [0.15, 0.2) is 0 Å². The second-order valence-corrected chi connectivity index (χ2v) is 11.7. The number of nitrogens with zero attached hydrogens (tertiary/aromatic N) is 3. The molecule has 8 heteroatoms. The van der Waals surface area contributed by atoms with E-state index in [2.05, 4.69) is 11.8 Å². The highest BCUT2D eigenvalue weighted by Crippen LogP contribution is 2.20. The molecule has 0 N–H and O–H groups in total. The first-order valence-electron chi connectivity index (χ1n) is 14.7. The number of carbonyl (C=O) groups is 2. The van der Waals surface area contributed by atoms with Gasteiger partial charge >= 0.3 is 0 Å². The number of morpholine rings is 1. The first kappa shape index (κ1) is 30.9. The Morgan fingerprint density at radius 1 is 0.927 bits per heavy atom. The van der Waals surface area contributed by atoms with E-state index in [0.717, 1.165) is 41.9 Å². The molecule has 2 heterocycles. The number of amides is 2. The third kappa shape index (κ3) is 9.48. The van der Waals surface area contributed by atoms with Gasteiger partial charge in [-0.3, -0.25) is 14.5 Å². The Hall–Kier alpha value is -3.07. The highest BCUT2D eigenvalue weighted by Gasteiger charge is 2.24.